The van der Waals surface area contributed by atoms with Crippen LogP contribution in [0.2, 0.25) is 94.3 Å². The molecule has 0 radical (unpaired) electrons. The van der Waals surface area contributed by atoms with Gasteiger partial charge in [-0.1, -0.05) is 0 Å². The first-order valence-corrected chi connectivity index (χ1v) is 26.3. The fourth-order valence-electron chi connectivity index (χ4n) is 40.2. The molecular formula is C27H32Fe2. The van der Waals surface area contributed by atoms with Crippen molar-refractivity contribution in [2.45, 2.75) is 135 Å². The molecule has 20 aliphatic rings. The summed E-state index contributed by atoms with van der Waals surface area (Å²) in [5, 5.41) is 0. The molecule has 20 rings (SSSR count). The molecular weight excluding hydrogens is 436 g/mol. The van der Waals surface area contributed by atoms with Crippen molar-refractivity contribution in [3.63, 3.8) is 0 Å². The summed E-state index contributed by atoms with van der Waals surface area (Å²) in [5.74, 6) is 0. The fourth-order valence-corrected chi connectivity index (χ4v) is 201. The van der Waals surface area contributed by atoms with E-state index < -0.39 is 13.0 Å². The molecule has 0 aliphatic carbocycles. The fraction of sp³-hybridized carbons (Fsp3) is 1.00. The van der Waals surface area contributed by atoms with Gasteiger partial charge in [0.25, 0.3) is 0 Å². The van der Waals surface area contributed by atoms with Gasteiger partial charge in [-0.05, 0) is 0 Å². The molecule has 0 nitrogen and oxygen atoms in total. The molecule has 20 saturated heterocycles. The van der Waals surface area contributed by atoms with Crippen molar-refractivity contribution in [1.82, 2.24) is 0 Å². The van der Waals surface area contributed by atoms with Crippen LogP contribution in [0, 0.1) is 5.41 Å². The van der Waals surface area contributed by atoms with Crippen LogP contribution in [-0.2, 0) is 13.0 Å². The summed E-state index contributed by atoms with van der Waals surface area (Å²) in [6, 6.07) is 0. The van der Waals surface area contributed by atoms with E-state index >= 15 is 0 Å². The van der Waals surface area contributed by atoms with Crippen LogP contribution in [0.4, 0.5) is 0 Å². The van der Waals surface area contributed by atoms with Crippen LogP contribution < -0.4 is 0 Å². The zero-order valence-corrected chi connectivity index (χ0v) is 20.1. The van der Waals surface area contributed by atoms with Crippen LogP contribution in [0.3, 0.4) is 0 Å². The monoisotopic (exact) mass is 468 g/mol. The Morgan fingerprint density at radius 2 is 0.828 bits per heavy atom. The maximum atomic E-state index is 3.16. The van der Waals surface area contributed by atoms with Gasteiger partial charge in [-0.2, -0.15) is 0 Å². The van der Waals surface area contributed by atoms with Crippen molar-refractivity contribution in [2.24, 2.45) is 5.41 Å². The summed E-state index contributed by atoms with van der Waals surface area (Å²) in [7, 11) is 0. The summed E-state index contributed by atoms with van der Waals surface area (Å²) in [4.78, 5) is 24.7. The van der Waals surface area contributed by atoms with Crippen molar-refractivity contribution >= 4 is 0 Å². The zero-order valence-electron chi connectivity index (χ0n) is 17.9. The number of hydrogen-bond acceptors (Lipinski definition) is 0. The Bertz CT molecular complexity index is 2030. The van der Waals surface area contributed by atoms with Crippen LogP contribution in [0.25, 0.3) is 0 Å². The van der Waals surface area contributed by atoms with Gasteiger partial charge in [0.05, 0.1) is 0 Å². The summed E-state index contributed by atoms with van der Waals surface area (Å²) in [6.45, 7) is 5.47. The Morgan fingerprint density at radius 3 is 1.00 bits per heavy atom. The second kappa shape index (κ2) is 0.780. The zero-order chi connectivity index (χ0) is 17.8. The van der Waals surface area contributed by atoms with Crippen molar-refractivity contribution in [3.8, 4) is 0 Å². The molecule has 0 saturated carbocycles. The standard InChI is InChI=1S/C17H22.2C5H5.2Fe/c1-5-13-9-7-11-15(13)17(3,4)16-12-8-10-14(16)6-2;2*1-2-4-5-3-1;;/h7-12H,5-6H2,1-4H3;2*1-5H;;. The summed E-state index contributed by atoms with van der Waals surface area (Å²) in [5.41, 5.74) is 0.903. The first kappa shape index (κ1) is 10.5. The Morgan fingerprint density at radius 1 is 0.517 bits per heavy atom. The van der Waals surface area contributed by atoms with Gasteiger partial charge in [-0.25, -0.2) is 0 Å². The molecule has 2 heteroatoms. The average molecular weight is 468 g/mol. The molecule has 20 fully saturated rings. The predicted octanol–water partition coefficient (Wildman–Crippen LogP) is 9.09. The third-order valence-corrected chi connectivity index (χ3v) is 121. The Kier molecular flexibility index (Phi) is 0.283. The van der Waals surface area contributed by atoms with Gasteiger partial charge in [0.15, 0.2) is 0 Å². The topological polar surface area (TPSA) is 0 Å². The summed E-state index contributed by atoms with van der Waals surface area (Å²) >= 11 is 0. The Labute approximate surface area is 152 Å². The summed E-state index contributed by atoms with van der Waals surface area (Å²) in [6.07, 6.45) is 3.47. The van der Waals surface area contributed by atoms with Gasteiger partial charge < -0.3 is 0 Å². The van der Waals surface area contributed by atoms with E-state index in [1.165, 1.54) is 9.63 Å². The van der Waals surface area contributed by atoms with Crippen LogP contribution in [-0.4, -0.2) is 0 Å². The molecule has 156 valence electrons. The van der Waals surface area contributed by atoms with E-state index in [0.717, 1.165) is 22.7 Å². The van der Waals surface area contributed by atoms with Gasteiger partial charge in [0.1, 0.15) is 0 Å². The minimum atomic E-state index is -3.21. The molecule has 10 atom stereocenters. The van der Waals surface area contributed by atoms with Gasteiger partial charge in [0.2, 0.25) is 0 Å². The van der Waals surface area contributed by atoms with Crippen LogP contribution in [0.5, 0.6) is 0 Å². The molecule has 2 spiro atoms. The van der Waals surface area contributed by atoms with E-state index in [1.54, 1.807) is 80.3 Å². The normalized spacial score (nSPS) is 144. The molecule has 0 aromatic rings. The first-order chi connectivity index (χ1) is 13.5. The predicted molar refractivity (Wildman–Crippen MR) is 105 cm³/mol. The number of rotatable bonds is 4. The Hall–Kier alpha value is 1.04. The van der Waals surface area contributed by atoms with Crippen LogP contribution in [0.1, 0.15) is 40.5 Å². The van der Waals surface area contributed by atoms with E-state index in [4.69, 9.17) is 0 Å². The summed E-state index contributed by atoms with van der Waals surface area (Å²) < 4.78 is 4.64. The van der Waals surface area contributed by atoms with Crippen molar-refractivity contribution in [1.29, 1.82) is 0 Å². The molecule has 0 N–H and O–H groups in total. The van der Waals surface area contributed by atoms with Crippen molar-refractivity contribution in [2.75, 3.05) is 0 Å². The minimum absolute atomic E-state index is 0.903. The molecule has 20 heterocycles. The van der Waals surface area contributed by atoms with Gasteiger partial charge >= 0.3 is 153 Å². The van der Waals surface area contributed by atoms with Crippen LogP contribution >= 0.6 is 0 Å². The second-order valence-electron chi connectivity index (χ2n) is 22.1. The molecule has 0 aromatic carbocycles. The molecule has 29 heavy (non-hydrogen) atoms. The van der Waals surface area contributed by atoms with E-state index in [0.29, 0.717) is 0 Å². The van der Waals surface area contributed by atoms with E-state index in [2.05, 4.69) is 27.7 Å². The maximum absolute atomic E-state index is 3.21. The molecule has 0 amide bonds. The molecule has 10 unspecified atom stereocenters. The van der Waals surface area contributed by atoms with Crippen molar-refractivity contribution in [3.05, 3.63) is 0 Å². The SMILES string of the molecule is CC[C]12[CH]3[CH]4[CH]5[C]1(C(C)(C)[C]16[CH]7[CH]8[CH]9[C]1(CC)[Fe]89761%10%11%12[CH]6[CH]1[CH]%10[CH]%11[CH]6%12)[Fe]43521678[CH]2[CH]1[CH]6[CH]7[CH]28. The van der Waals surface area contributed by atoms with E-state index in [-0.39, 0.29) is 0 Å². The van der Waals surface area contributed by atoms with Crippen molar-refractivity contribution < 1.29 is 13.0 Å². The van der Waals surface area contributed by atoms with Gasteiger partial charge in [-0.3, -0.25) is 0 Å². The van der Waals surface area contributed by atoms with Gasteiger partial charge in [-0.15, -0.1) is 0 Å². The quantitative estimate of drug-likeness (QED) is 0.361. The van der Waals surface area contributed by atoms with Gasteiger partial charge in [0, 0.05) is 0 Å². The molecule has 0 aromatic heterocycles. The third kappa shape index (κ3) is 0.0925. The third-order valence-electron chi connectivity index (χ3n) is 33.2. The second-order valence-corrected chi connectivity index (χ2v) is 68.8. The average Bonchev–Trinajstić information content (AvgIpc) is 3.59. The van der Waals surface area contributed by atoms with E-state index in [1.807, 2.05) is 0 Å². The first-order valence-electron chi connectivity index (χ1n) is 13.9. The Balaban J connectivity index is 1.15. The number of hydrogen-bond donors (Lipinski definition) is 0. The van der Waals surface area contributed by atoms with Crippen LogP contribution in [0.15, 0.2) is 0 Å². The van der Waals surface area contributed by atoms with E-state index in [9.17, 15) is 0 Å². The molecule has 20 aliphatic heterocycles. The number of fused-ring (bicyclic) bond motifs is 20. The molecule has 0 bridgehead atoms.